The molecule has 1 aromatic heterocycles. The number of benzene rings is 1. The van der Waals surface area contributed by atoms with Gasteiger partial charge in [0.2, 0.25) is 0 Å². The first kappa shape index (κ1) is 11.4. The lowest BCUT2D eigenvalue weighted by atomic mass is 10.2. The number of halogens is 1. The largest absolute Gasteiger partial charge is 0.459 e. The van der Waals surface area contributed by atoms with E-state index in [0.29, 0.717) is 0 Å². The monoisotopic (exact) mass is 279 g/mol. The topological polar surface area (TPSA) is 25.2 Å². The maximum Gasteiger partial charge on any atom is 0.134 e. The Balaban J connectivity index is 2.31. The molecule has 0 aliphatic carbocycles. The molecule has 1 N–H and O–H groups in total. The van der Waals surface area contributed by atoms with E-state index in [1.54, 1.807) is 0 Å². The van der Waals surface area contributed by atoms with E-state index in [1.165, 1.54) is 0 Å². The Morgan fingerprint density at radius 2 is 2.06 bits per heavy atom. The normalized spacial score (nSPS) is 12.7. The number of hydrogen-bond acceptors (Lipinski definition) is 2. The van der Waals surface area contributed by atoms with Gasteiger partial charge in [-0.3, -0.25) is 0 Å². The molecule has 0 amide bonds. The van der Waals surface area contributed by atoms with Crippen molar-refractivity contribution in [3.05, 3.63) is 46.6 Å². The molecule has 2 aromatic rings. The standard InChI is InChI=1S/C13H14BrNO/c1-9(15-2)12-6-7-13(16-12)10-4-3-5-11(14)8-10/h3-9,15H,1-2H3. The molecule has 0 bridgehead atoms. The molecule has 0 saturated heterocycles. The van der Waals surface area contributed by atoms with Crippen molar-refractivity contribution in [1.82, 2.24) is 5.32 Å². The second-order valence-electron chi connectivity index (χ2n) is 3.72. The first-order valence-corrected chi connectivity index (χ1v) is 6.03. The van der Waals surface area contributed by atoms with Crippen LogP contribution in [0.3, 0.4) is 0 Å². The van der Waals surface area contributed by atoms with Gasteiger partial charge in [-0.15, -0.1) is 0 Å². The molecule has 0 radical (unpaired) electrons. The van der Waals surface area contributed by atoms with Crippen molar-refractivity contribution in [3.63, 3.8) is 0 Å². The van der Waals surface area contributed by atoms with E-state index < -0.39 is 0 Å². The van der Waals surface area contributed by atoms with Gasteiger partial charge in [0, 0.05) is 10.0 Å². The van der Waals surface area contributed by atoms with Gasteiger partial charge in [-0.2, -0.15) is 0 Å². The second kappa shape index (κ2) is 4.85. The van der Waals surface area contributed by atoms with Crippen LogP contribution in [0.15, 0.2) is 45.3 Å². The summed E-state index contributed by atoms with van der Waals surface area (Å²) >= 11 is 3.45. The summed E-state index contributed by atoms with van der Waals surface area (Å²) < 4.78 is 6.85. The highest BCUT2D eigenvalue weighted by Crippen LogP contribution is 2.27. The summed E-state index contributed by atoms with van der Waals surface area (Å²) in [6, 6.07) is 12.3. The Kier molecular flexibility index (Phi) is 3.46. The third-order valence-electron chi connectivity index (χ3n) is 2.60. The molecular weight excluding hydrogens is 266 g/mol. The van der Waals surface area contributed by atoms with Gasteiger partial charge < -0.3 is 9.73 Å². The Bertz CT molecular complexity index is 478. The fourth-order valence-electron chi connectivity index (χ4n) is 1.52. The van der Waals surface area contributed by atoms with Gasteiger partial charge in [0.05, 0.1) is 6.04 Å². The van der Waals surface area contributed by atoms with Crippen LogP contribution in [-0.2, 0) is 0 Å². The van der Waals surface area contributed by atoms with E-state index in [0.717, 1.165) is 21.6 Å². The zero-order valence-corrected chi connectivity index (χ0v) is 10.9. The van der Waals surface area contributed by atoms with Gasteiger partial charge >= 0.3 is 0 Å². The lowest BCUT2D eigenvalue weighted by molar-refractivity contribution is 0.458. The molecule has 3 heteroatoms. The maximum absolute atomic E-state index is 5.79. The smallest absolute Gasteiger partial charge is 0.134 e. The van der Waals surface area contributed by atoms with Crippen LogP contribution in [0.25, 0.3) is 11.3 Å². The van der Waals surface area contributed by atoms with Crippen molar-refractivity contribution in [1.29, 1.82) is 0 Å². The molecule has 0 saturated carbocycles. The number of nitrogens with one attached hydrogen (secondary N) is 1. The average molecular weight is 280 g/mol. The quantitative estimate of drug-likeness (QED) is 0.919. The van der Waals surface area contributed by atoms with E-state index in [-0.39, 0.29) is 6.04 Å². The minimum atomic E-state index is 0.237. The van der Waals surface area contributed by atoms with E-state index in [1.807, 2.05) is 43.4 Å². The Morgan fingerprint density at radius 3 is 2.75 bits per heavy atom. The van der Waals surface area contributed by atoms with Crippen molar-refractivity contribution in [2.24, 2.45) is 0 Å². The van der Waals surface area contributed by atoms with Gasteiger partial charge in [0.25, 0.3) is 0 Å². The van der Waals surface area contributed by atoms with Gasteiger partial charge in [-0.25, -0.2) is 0 Å². The molecule has 1 atom stereocenters. The summed E-state index contributed by atoms with van der Waals surface area (Å²) in [5, 5.41) is 3.15. The summed E-state index contributed by atoms with van der Waals surface area (Å²) in [6.07, 6.45) is 0. The highest BCUT2D eigenvalue weighted by Gasteiger charge is 2.09. The maximum atomic E-state index is 5.79. The van der Waals surface area contributed by atoms with Crippen LogP contribution in [-0.4, -0.2) is 7.05 Å². The minimum Gasteiger partial charge on any atom is -0.459 e. The molecular formula is C13H14BrNO. The van der Waals surface area contributed by atoms with Crippen molar-refractivity contribution in [2.75, 3.05) is 7.05 Å². The number of hydrogen-bond donors (Lipinski definition) is 1. The van der Waals surface area contributed by atoms with Crippen LogP contribution < -0.4 is 5.32 Å². The lowest BCUT2D eigenvalue weighted by Gasteiger charge is -2.05. The predicted molar refractivity (Wildman–Crippen MR) is 69.3 cm³/mol. The second-order valence-corrected chi connectivity index (χ2v) is 4.64. The first-order chi connectivity index (χ1) is 7.70. The first-order valence-electron chi connectivity index (χ1n) is 5.23. The van der Waals surface area contributed by atoms with E-state index in [2.05, 4.69) is 28.2 Å². The number of furan rings is 1. The van der Waals surface area contributed by atoms with E-state index >= 15 is 0 Å². The molecule has 2 nitrogen and oxygen atoms in total. The fraction of sp³-hybridized carbons (Fsp3) is 0.231. The number of rotatable bonds is 3. The van der Waals surface area contributed by atoms with E-state index in [9.17, 15) is 0 Å². The van der Waals surface area contributed by atoms with Crippen LogP contribution in [0.5, 0.6) is 0 Å². The fourth-order valence-corrected chi connectivity index (χ4v) is 1.92. The minimum absolute atomic E-state index is 0.237. The van der Waals surface area contributed by atoms with Crippen molar-refractivity contribution in [3.8, 4) is 11.3 Å². The Morgan fingerprint density at radius 1 is 1.25 bits per heavy atom. The van der Waals surface area contributed by atoms with Gasteiger partial charge in [0.1, 0.15) is 11.5 Å². The lowest BCUT2D eigenvalue weighted by Crippen LogP contribution is -2.10. The summed E-state index contributed by atoms with van der Waals surface area (Å²) in [6.45, 7) is 2.07. The van der Waals surface area contributed by atoms with E-state index in [4.69, 9.17) is 4.42 Å². The third-order valence-corrected chi connectivity index (χ3v) is 3.09. The van der Waals surface area contributed by atoms with Crippen LogP contribution in [0.4, 0.5) is 0 Å². The Hall–Kier alpha value is -1.06. The average Bonchev–Trinajstić information content (AvgIpc) is 2.77. The SMILES string of the molecule is CNC(C)c1ccc(-c2cccc(Br)c2)o1. The van der Waals surface area contributed by atoms with Gasteiger partial charge in [-0.1, -0.05) is 28.1 Å². The summed E-state index contributed by atoms with van der Waals surface area (Å²) in [5.74, 6) is 1.86. The molecule has 0 aliphatic rings. The van der Waals surface area contributed by atoms with Crippen molar-refractivity contribution >= 4 is 15.9 Å². The molecule has 84 valence electrons. The van der Waals surface area contributed by atoms with Crippen LogP contribution in [0.1, 0.15) is 18.7 Å². The molecule has 0 fully saturated rings. The zero-order chi connectivity index (χ0) is 11.5. The van der Waals surface area contributed by atoms with Gasteiger partial charge in [0.15, 0.2) is 0 Å². The molecule has 1 unspecified atom stereocenters. The van der Waals surface area contributed by atoms with Crippen LogP contribution >= 0.6 is 15.9 Å². The van der Waals surface area contributed by atoms with Crippen LogP contribution in [0, 0.1) is 0 Å². The highest BCUT2D eigenvalue weighted by molar-refractivity contribution is 9.10. The molecule has 0 aliphatic heterocycles. The van der Waals surface area contributed by atoms with Crippen molar-refractivity contribution < 1.29 is 4.42 Å². The van der Waals surface area contributed by atoms with Crippen LogP contribution in [0.2, 0.25) is 0 Å². The molecule has 2 rings (SSSR count). The summed E-state index contributed by atoms with van der Waals surface area (Å²) in [5.41, 5.74) is 1.09. The molecule has 1 aromatic carbocycles. The summed E-state index contributed by atoms with van der Waals surface area (Å²) in [4.78, 5) is 0. The summed E-state index contributed by atoms with van der Waals surface area (Å²) in [7, 11) is 1.92. The molecule has 0 spiro atoms. The van der Waals surface area contributed by atoms with Crippen molar-refractivity contribution in [2.45, 2.75) is 13.0 Å². The van der Waals surface area contributed by atoms with Gasteiger partial charge in [-0.05, 0) is 38.2 Å². The molecule has 1 heterocycles. The predicted octanol–water partition coefficient (Wildman–Crippen LogP) is 3.99. The third kappa shape index (κ3) is 2.36. The highest BCUT2D eigenvalue weighted by atomic mass is 79.9. The zero-order valence-electron chi connectivity index (χ0n) is 9.33. The Labute approximate surface area is 104 Å². The molecule has 16 heavy (non-hydrogen) atoms.